The highest BCUT2D eigenvalue weighted by Crippen LogP contribution is 2.32. The molecule has 27 heavy (non-hydrogen) atoms. The van der Waals surface area contributed by atoms with E-state index >= 15 is 0 Å². The van der Waals surface area contributed by atoms with Crippen LogP contribution in [0.15, 0.2) is 17.6 Å². The molecule has 2 aromatic heterocycles. The van der Waals surface area contributed by atoms with Gasteiger partial charge in [-0.05, 0) is 12.8 Å². The Morgan fingerprint density at radius 3 is 3.11 bits per heavy atom. The van der Waals surface area contributed by atoms with Gasteiger partial charge in [-0.15, -0.1) is 0 Å². The minimum atomic E-state index is -0.146. The Morgan fingerprint density at radius 1 is 1.41 bits per heavy atom. The maximum Gasteiger partial charge on any atom is 0.184 e. The summed E-state index contributed by atoms with van der Waals surface area (Å²) >= 11 is 0. The zero-order valence-corrected chi connectivity index (χ0v) is 16.3. The molecule has 1 saturated heterocycles. The first-order valence-corrected chi connectivity index (χ1v) is 9.40. The van der Waals surface area contributed by atoms with Crippen LogP contribution in [0.4, 0.5) is 5.82 Å². The molecule has 1 aliphatic rings. The summed E-state index contributed by atoms with van der Waals surface area (Å²) in [5, 5.41) is 8.45. The molecule has 11 heteroatoms. The zero-order valence-electron chi connectivity index (χ0n) is 15.3. The fourth-order valence-corrected chi connectivity index (χ4v) is 3.16. The van der Waals surface area contributed by atoms with Gasteiger partial charge in [0.2, 0.25) is 0 Å². The first-order valence-electron chi connectivity index (χ1n) is 8.58. The number of imidazole rings is 1. The summed E-state index contributed by atoms with van der Waals surface area (Å²) < 4.78 is 18.7. The lowest BCUT2D eigenvalue weighted by Gasteiger charge is -2.15. The number of nitriles is 1. The molecule has 1 aliphatic heterocycles. The van der Waals surface area contributed by atoms with E-state index in [-0.39, 0.29) is 21.4 Å². The third-order valence-corrected chi connectivity index (χ3v) is 4.46. The molecule has 0 bridgehead atoms. The largest absolute Gasteiger partial charge is 0.369 e. The van der Waals surface area contributed by atoms with Gasteiger partial charge in [0.05, 0.1) is 44.5 Å². The zero-order chi connectivity index (χ0) is 19.1. The van der Waals surface area contributed by atoms with Gasteiger partial charge in [0.25, 0.3) is 0 Å². The molecule has 0 radical (unpaired) electrons. The van der Waals surface area contributed by atoms with Crippen LogP contribution in [0.25, 0.3) is 11.2 Å². The number of fused-ring (bicyclic) bond motifs is 1. The van der Waals surface area contributed by atoms with Crippen molar-refractivity contribution in [1.29, 1.82) is 5.26 Å². The number of aromatic nitrogens is 4. The van der Waals surface area contributed by atoms with Crippen molar-refractivity contribution < 1.29 is 13.8 Å². The molecule has 144 valence electrons. The average molecular weight is 391 g/mol. The Morgan fingerprint density at radius 2 is 2.30 bits per heavy atom. The number of aliphatic imine (C=N–C) groups is 1. The van der Waals surface area contributed by atoms with Crippen LogP contribution in [0.5, 0.6) is 0 Å². The van der Waals surface area contributed by atoms with E-state index in [0.717, 1.165) is 12.8 Å². The molecule has 1 unspecified atom stereocenters. The van der Waals surface area contributed by atoms with E-state index in [1.165, 1.54) is 6.33 Å². The maximum absolute atomic E-state index is 8.45. The molecule has 0 spiro atoms. The van der Waals surface area contributed by atoms with Crippen LogP contribution in [0.3, 0.4) is 0 Å². The van der Waals surface area contributed by atoms with Crippen molar-refractivity contribution in [3.05, 3.63) is 12.7 Å². The third-order valence-electron chi connectivity index (χ3n) is 3.85. The number of ether oxygens (including phenoxy) is 1. The van der Waals surface area contributed by atoms with Crippen LogP contribution >= 0.6 is 9.03 Å². The van der Waals surface area contributed by atoms with Gasteiger partial charge in [-0.1, -0.05) is 0 Å². The SMILES string of the molecule is CN(C)/C=N\c1ncnc2c1ncn2[C@H]1CC[C@@H](COPOCCC#N)O1. The van der Waals surface area contributed by atoms with E-state index in [1.807, 2.05) is 29.6 Å². The predicted molar refractivity (Wildman–Crippen MR) is 101 cm³/mol. The lowest BCUT2D eigenvalue weighted by molar-refractivity contribution is -0.0153. The van der Waals surface area contributed by atoms with Gasteiger partial charge < -0.3 is 18.7 Å². The minimum Gasteiger partial charge on any atom is -0.369 e. The maximum atomic E-state index is 8.45. The molecular weight excluding hydrogens is 369 g/mol. The van der Waals surface area contributed by atoms with Gasteiger partial charge >= 0.3 is 0 Å². The highest BCUT2D eigenvalue weighted by molar-refractivity contribution is 7.26. The van der Waals surface area contributed by atoms with Crippen LogP contribution < -0.4 is 0 Å². The monoisotopic (exact) mass is 391 g/mol. The molecule has 0 saturated carbocycles. The van der Waals surface area contributed by atoms with Crippen molar-refractivity contribution in [2.45, 2.75) is 31.6 Å². The fourth-order valence-electron chi connectivity index (χ4n) is 2.64. The van der Waals surface area contributed by atoms with Crippen LogP contribution in [-0.2, 0) is 13.8 Å². The van der Waals surface area contributed by atoms with E-state index in [1.54, 1.807) is 12.7 Å². The second-order valence-corrected chi connectivity index (χ2v) is 6.91. The molecule has 3 heterocycles. The molecule has 10 nitrogen and oxygen atoms in total. The predicted octanol–water partition coefficient (Wildman–Crippen LogP) is 2.18. The molecule has 0 N–H and O–H groups in total. The Kier molecular flexibility index (Phi) is 7.01. The number of hydrogen-bond acceptors (Lipinski definition) is 8. The van der Waals surface area contributed by atoms with E-state index in [4.69, 9.17) is 19.0 Å². The Balaban J connectivity index is 1.59. The van der Waals surface area contributed by atoms with Crippen molar-refractivity contribution >= 4 is 32.4 Å². The van der Waals surface area contributed by atoms with E-state index in [0.29, 0.717) is 36.6 Å². The summed E-state index contributed by atoms with van der Waals surface area (Å²) in [7, 11) is 3.71. The van der Waals surface area contributed by atoms with Gasteiger partial charge in [0, 0.05) is 14.1 Å². The lowest BCUT2D eigenvalue weighted by atomic mass is 10.2. The quantitative estimate of drug-likeness (QED) is 0.277. The second-order valence-electron chi connectivity index (χ2n) is 6.17. The van der Waals surface area contributed by atoms with Crippen LogP contribution in [0.2, 0.25) is 0 Å². The molecule has 2 aromatic rings. The van der Waals surface area contributed by atoms with Crippen molar-refractivity contribution in [3.8, 4) is 6.07 Å². The van der Waals surface area contributed by atoms with Crippen LogP contribution in [0.1, 0.15) is 25.5 Å². The molecular formula is C16H22N7O3P. The van der Waals surface area contributed by atoms with E-state index < -0.39 is 0 Å². The summed E-state index contributed by atoms with van der Waals surface area (Å²) in [5.74, 6) is 0.529. The minimum absolute atomic E-state index is 0.00686. The standard InChI is InChI=1S/C16H22N7O3P/c1-22(2)10-21-15-14-16(19-9-18-15)23(11-20-14)13-5-4-12(26-13)8-25-27-24-7-3-6-17/h9-13,27H,3-5,7-8H2,1-2H3/b21-10-/t12-,13+/m0/s1. The number of nitrogens with zero attached hydrogens (tertiary/aromatic N) is 7. The van der Waals surface area contributed by atoms with Gasteiger partial charge in [0.15, 0.2) is 26.0 Å². The third kappa shape index (κ3) is 5.17. The summed E-state index contributed by atoms with van der Waals surface area (Å²) in [5.41, 5.74) is 1.34. The van der Waals surface area contributed by atoms with Crippen molar-refractivity contribution in [1.82, 2.24) is 24.4 Å². The molecule has 0 amide bonds. The van der Waals surface area contributed by atoms with Crippen LogP contribution in [-0.4, -0.2) is 64.2 Å². The van der Waals surface area contributed by atoms with E-state index in [9.17, 15) is 0 Å². The highest BCUT2D eigenvalue weighted by atomic mass is 31.1. The Labute approximate surface area is 159 Å². The Hall–Kier alpha value is -2.18. The Bertz CT molecular complexity index is 820. The second kappa shape index (κ2) is 9.67. The van der Waals surface area contributed by atoms with Crippen molar-refractivity contribution in [2.24, 2.45) is 4.99 Å². The summed E-state index contributed by atoms with van der Waals surface area (Å²) in [6.07, 6.45) is 6.82. The normalized spacial score (nSPS) is 20.2. The van der Waals surface area contributed by atoms with Gasteiger partial charge in [0.1, 0.15) is 12.6 Å². The average Bonchev–Trinajstić information content (AvgIpc) is 3.29. The highest BCUT2D eigenvalue weighted by Gasteiger charge is 2.28. The summed E-state index contributed by atoms with van der Waals surface area (Å²) in [6.45, 7) is 0.851. The molecule has 3 rings (SSSR count). The fraction of sp³-hybridized carbons (Fsp3) is 0.562. The van der Waals surface area contributed by atoms with Gasteiger partial charge in [-0.25, -0.2) is 19.9 Å². The van der Waals surface area contributed by atoms with Gasteiger partial charge in [-0.2, -0.15) is 5.26 Å². The van der Waals surface area contributed by atoms with Crippen molar-refractivity contribution in [2.75, 3.05) is 27.3 Å². The first kappa shape index (κ1) is 19.6. The lowest BCUT2D eigenvalue weighted by Crippen LogP contribution is -2.15. The van der Waals surface area contributed by atoms with Crippen molar-refractivity contribution in [3.63, 3.8) is 0 Å². The molecule has 0 aromatic carbocycles. The first-order chi connectivity index (χ1) is 13.2. The van der Waals surface area contributed by atoms with Crippen LogP contribution in [0, 0.1) is 11.3 Å². The number of rotatable bonds is 9. The smallest absolute Gasteiger partial charge is 0.184 e. The van der Waals surface area contributed by atoms with E-state index in [2.05, 4.69) is 19.9 Å². The summed E-state index contributed by atoms with van der Waals surface area (Å²) in [6, 6.07) is 2.02. The number of hydrogen-bond donors (Lipinski definition) is 0. The molecule has 1 fully saturated rings. The summed E-state index contributed by atoms with van der Waals surface area (Å²) in [4.78, 5) is 19.1. The topological polar surface area (TPSA) is 111 Å². The molecule has 3 atom stereocenters. The molecule has 0 aliphatic carbocycles. The van der Waals surface area contributed by atoms with Gasteiger partial charge in [-0.3, -0.25) is 4.57 Å².